The number of ether oxygens (including phenoxy) is 1. The second-order valence-corrected chi connectivity index (χ2v) is 6.73. The third kappa shape index (κ3) is 2.92. The molecule has 1 fully saturated rings. The smallest absolute Gasteiger partial charge is 0.287 e. The van der Waals surface area contributed by atoms with Gasteiger partial charge in [-0.3, -0.25) is 10.2 Å². The van der Waals surface area contributed by atoms with Crippen LogP contribution < -0.4 is 20.9 Å². The van der Waals surface area contributed by atoms with Gasteiger partial charge in [0.15, 0.2) is 5.76 Å². The first-order valence-corrected chi connectivity index (χ1v) is 8.69. The number of rotatable bonds is 4. The number of carbonyl (C=O) groups excluding carboxylic acids is 1. The van der Waals surface area contributed by atoms with Gasteiger partial charge in [-0.25, -0.2) is 5.43 Å². The lowest BCUT2D eigenvalue weighted by Crippen LogP contribution is -2.27. The maximum atomic E-state index is 12.6. The molecule has 2 heterocycles. The van der Waals surface area contributed by atoms with Crippen molar-refractivity contribution in [3.8, 4) is 5.75 Å². The van der Waals surface area contributed by atoms with E-state index in [-0.39, 0.29) is 11.9 Å². The number of hydrogen-bond acceptors (Lipinski definition) is 5. The van der Waals surface area contributed by atoms with Crippen LogP contribution in [0.1, 0.15) is 45.5 Å². The molecule has 1 aromatic heterocycles. The van der Waals surface area contributed by atoms with E-state index in [1.54, 1.807) is 7.11 Å². The average molecular weight is 341 g/mol. The van der Waals surface area contributed by atoms with Gasteiger partial charge in [0.05, 0.1) is 13.2 Å². The van der Waals surface area contributed by atoms with Gasteiger partial charge in [-0.15, -0.1) is 0 Å². The third-order valence-electron chi connectivity index (χ3n) is 5.24. The summed E-state index contributed by atoms with van der Waals surface area (Å²) in [6, 6.07) is 7.90. The summed E-state index contributed by atoms with van der Waals surface area (Å²) >= 11 is 0. The number of nitrogens with one attached hydrogen (secondary N) is 3. The summed E-state index contributed by atoms with van der Waals surface area (Å²) in [7, 11) is 1.64. The SMILES string of the molecule is COc1ccc(CNC(=O)c2oc3c(c2C)C2NNCC2CC3)cc1. The molecule has 6 heteroatoms. The van der Waals surface area contributed by atoms with Crippen LogP contribution in [0, 0.1) is 12.8 Å². The molecule has 4 rings (SSSR count). The van der Waals surface area contributed by atoms with Crippen LogP contribution in [-0.4, -0.2) is 19.6 Å². The highest BCUT2D eigenvalue weighted by molar-refractivity contribution is 5.93. The number of fused-ring (bicyclic) bond motifs is 3. The molecule has 1 saturated heterocycles. The molecule has 1 aliphatic carbocycles. The molecule has 2 aromatic rings. The van der Waals surface area contributed by atoms with E-state index in [2.05, 4.69) is 16.2 Å². The molecule has 0 bridgehead atoms. The molecular formula is C19H23N3O3. The Bertz CT molecular complexity index is 782. The van der Waals surface area contributed by atoms with E-state index in [1.807, 2.05) is 31.2 Å². The van der Waals surface area contributed by atoms with Gasteiger partial charge in [0.1, 0.15) is 11.5 Å². The predicted molar refractivity (Wildman–Crippen MR) is 93.3 cm³/mol. The summed E-state index contributed by atoms with van der Waals surface area (Å²) in [4.78, 5) is 12.6. The second kappa shape index (κ2) is 6.54. The lowest BCUT2D eigenvalue weighted by molar-refractivity contribution is 0.0920. The maximum Gasteiger partial charge on any atom is 0.287 e. The molecule has 132 valence electrons. The number of hydrazine groups is 1. The van der Waals surface area contributed by atoms with Gasteiger partial charge in [0.2, 0.25) is 0 Å². The quantitative estimate of drug-likeness (QED) is 0.795. The van der Waals surface area contributed by atoms with Crippen LogP contribution in [0.5, 0.6) is 5.75 Å². The number of aryl methyl sites for hydroxylation is 1. The average Bonchev–Trinajstić information content (AvgIpc) is 3.24. The molecule has 1 amide bonds. The van der Waals surface area contributed by atoms with Gasteiger partial charge < -0.3 is 14.5 Å². The van der Waals surface area contributed by atoms with Crippen molar-refractivity contribution in [1.29, 1.82) is 0 Å². The molecule has 0 radical (unpaired) electrons. The Kier molecular flexibility index (Phi) is 4.23. The first-order valence-electron chi connectivity index (χ1n) is 8.69. The number of methoxy groups -OCH3 is 1. The molecular weight excluding hydrogens is 318 g/mol. The van der Waals surface area contributed by atoms with Gasteiger partial charge in [-0.05, 0) is 37.0 Å². The summed E-state index contributed by atoms with van der Waals surface area (Å²) in [6.45, 7) is 3.40. The third-order valence-corrected chi connectivity index (χ3v) is 5.24. The Morgan fingerprint density at radius 1 is 1.36 bits per heavy atom. The highest BCUT2D eigenvalue weighted by Gasteiger charge is 2.38. The van der Waals surface area contributed by atoms with Crippen LogP contribution in [0.25, 0.3) is 0 Å². The predicted octanol–water partition coefficient (Wildman–Crippen LogP) is 2.24. The molecule has 3 N–H and O–H groups in total. The summed E-state index contributed by atoms with van der Waals surface area (Å²) < 4.78 is 11.1. The van der Waals surface area contributed by atoms with Crippen LogP contribution in [-0.2, 0) is 13.0 Å². The molecule has 0 saturated carbocycles. The van der Waals surface area contributed by atoms with Crippen molar-refractivity contribution in [2.45, 2.75) is 32.4 Å². The van der Waals surface area contributed by atoms with E-state index in [4.69, 9.17) is 9.15 Å². The Morgan fingerprint density at radius 3 is 2.92 bits per heavy atom. The van der Waals surface area contributed by atoms with Crippen molar-refractivity contribution >= 4 is 5.91 Å². The van der Waals surface area contributed by atoms with E-state index in [0.29, 0.717) is 18.2 Å². The molecule has 25 heavy (non-hydrogen) atoms. The van der Waals surface area contributed by atoms with Gasteiger partial charge >= 0.3 is 0 Å². The second-order valence-electron chi connectivity index (χ2n) is 6.73. The largest absolute Gasteiger partial charge is 0.497 e. The lowest BCUT2D eigenvalue weighted by atomic mass is 9.83. The minimum absolute atomic E-state index is 0.162. The maximum absolute atomic E-state index is 12.6. The minimum Gasteiger partial charge on any atom is -0.497 e. The summed E-state index contributed by atoms with van der Waals surface area (Å²) in [5.41, 5.74) is 9.68. The molecule has 6 nitrogen and oxygen atoms in total. The Hall–Kier alpha value is -2.31. The van der Waals surface area contributed by atoms with Crippen molar-refractivity contribution in [2.75, 3.05) is 13.7 Å². The fourth-order valence-electron chi connectivity index (χ4n) is 3.83. The standard InChI is InChI=1S/C19H23N3O3/c1-11-16-15(8-5-13-10-21-22-17(13)16)25-18(11)19(23)20-9-12-3-6-14(24-2)7-4-12/h3-4,6-7,13,17,21-22H,5,8-10H2,1-2H3,(H,20,23). The van der Waals surface area contributed by atoms with Gasteiger partial charge in [0.25, 0.3) is 5.91 Å². The van der Waals surface area contributed by atoms with E-state index >= 15 is 0 Å². The van der Waals surface area contributed by atoms with E-state index < -0.39 is 0 Å². The highest BCUT2D eigenvalue weighted by Crippen LogP contribution is 2.40. The summed E-state index contributed by atoms with van der Waals surface area (Å²) in [6.07, 6.45) is 1.98. The normalized spacial score (nSPS) is 21.5. The molecule has 1 aliphatic heterocycles. The van der Waals surface area contributed by atoms with Crippen LogP contribution in [0.4, 0.5) is 0 Å². The van der Waals surface area contributed by atoms with Gasteiger partial charge in [0, 0.05) is 30.6 Å². The Balaban J connectivity index is 1.49. The topological polar surface area (TPSA) is 75.5 Å². The zero-order chi connectivity index (χ0) is 17.4. The van der Waals surface area contributed by atoms with Crippen molar-refractivity contribution in [3.05, 3.63) is 52.5 Å². The Morgan fingerprint density at radius 2 is 2.16 bits per heavy atom. The molecule has 2 unspecified atom stereocenters. The van der Waals surface area contributed by atoms with Crippen molar-refractivity contribution < 1.29 is 13.9 Å². The summed E-state index contributed by atoms with van der Waals surface area (Å²) in [5.74, 6) is 2.60. The minimum atomic E-state index is -0.162. The van der Waals surface area contributed by atoms with E-state index in [1.165, 1.54) is 0 Å². The number of furan rings is 1. The fraction of sp³-hybridized carbons (Fsp3) is 0.421. The highest BCUT2D eigenvalue weighted by atomic mass is 16.5. The molecule has 1 aromatic carbocycles. The van der Waals surface area contributed by atoms with Crippen molar-refractivity contribution in [2.24, 2.45) is 5.92 Å². The molecule has 2 aliphatic rings. The van der Waals surface area contributed by atoms with Gasteiger partial charge in [-0.1, -0.05) is 12.1 Å². The lowest BCUT2D eigenvalue weighted by Gasteiger charge is -2.23. The van der Waals surface area contributed by atoms with Crippen molar-refractivity contribution in [1.82, 2.24) is 16.2 Å². The Labute approximate surface area is 146 Å². The zero-order valence-electron chi connectivity index (χ0n) is 14.5. The van der Waals surface area contributed by atoms with Crippen LogP contribution in [0.15, 0.2) is 28.7 Å². The number of carbonyl (C=O) groups is 1. The first-order chi connectivity index (χ1) is 12.2. The number of benzene rings is 1. The van der Waals surface area contributed by atoms with E-state index in [0.717, 1.165) is 47.6 Å². The molecule has 2 atom stereocenters. The van der Waals surface area contributed by atoms with Crippen molar-refractivity contribution in [3.63, 3.8) is 0 Å². The fourth-order valence-corrected chi connectivity index (χ4v) is 3.83. The molecule has 0 spiro atoms. The van der Waals surface area contributed by atoms with E-state index in [9.17, 15) is 4.79 Å². The van der Waals surface area contributed by atoms with Crippen LogP contribution in [0.3, 0.4) is 0 Å². The number of amides is 1. The monoisotopic (exact) mass is 341 g/mol. The first kappa shape index (κ1) is 16.2. The summed E-state index contributed by atoms with van der Waals surface area (Å²) in [5, 5.41) is 2.95. The zero-order valence-corrected chi connectivity index (χ0v) is 14.5. The van der Waals surface area contributed by atoms with Crippen LogP contribution in [0.2, 0.25) is 0 Å². The van der Waals surface area contributed by atoms with Gasteiger partial charge in [-0.2, -0.15) is 0 Å². The van der Waals surface area contributed by atoms with Crippen LogP contribution >= 0.6 is 0 Å². The number of hydrogen-bond donors (Lipinski definition) is 3.